The Hall–Kier alpha value is -1.80. The maximum Gasteiger partial charge on any atom is 0.119 e. The number of rotatable bonds is 6. The Labute approximate surface area is 140 Å². The van der Waals surface area contributed by atoms with Gasteiger partial charge in [0.15, 0.2) is 0 Å². The molecule has 0 radical (unpaired) electrons. The van der Waals surface area contributed by atoms with Crippen LogP contribution in [-0.4, -0.2) is 30.6 Å². The summed E-state index contributed by atoms with van der Waals surface area (Å²) in [6.07, 6.45) is 5.27. The SMILES string of the molecule is CC(CN1CCCCC1)Oc1ccc(Cc2ccccc2)cc1. The molecular weight excluding hydrogens is 282 g/mol. The maximum absolute atomic E-state index is 6.08. The standard InChI is InChI=1S/C21H27NO/c1-18(17-22-14-6-3-7-15-22)23-21-12-10-20(11-13-21)16-19-8-4-2-5-9-19/h2,4-5,8-13,18H,3,6-7,14-17H2,1H3. The average molecular weight is 309 g/mol. The molecule has 0 N–H and O–H groups in total. The molecular formula is C21H27NO. The van der Waals surface area contributed by atoms with Gasteiger partial charge in [-0.3, -0.25) is 4.90 Å². The van der Waals surface area contributed by atoms with Crippen LogP contribution in [0, 0.1) is 0 Å². The summed E-state index contributed by atoms with van der Waals surface area (Å²) in [6, 6.07) is 19.1. The van der Waals surface area contributed by atoms with Crippen LogP contribution in [0.25, 0.3) is 0 Å². The van der Waals surface area contributed by atoms with Gasteiger partial charge in [0.25, 0.3) is 0 Å². The van der Waals surface area contributed by atoms with E-state index in [0.29, 0.717) is 0 Å². The molecule has 0 saturated carbocycles. The Balaban J connectivity index is 1.50. The largest absolute Gasteiger partial charge is 0.489 e. The summed E-state index contributed by atoms with van der Waals surface area (Å²) in [4.78, 5) is 2.53. The third kappa shape index (κ3) is 5.11. The van der Waals surface area contributed by atoms with Gasteiger partial charge in [0.2, 0.25) is 0 Å². The van der Waals surface area contributed by atoms with Crippen molar-refractivity contribution in [3.05, 3.63) is 65.7 Å². The lowest BCUT2D eigenvalue weighted by Crippen LogP contribution is -2.37. The van der Waals surface area contributed by atoms with Gasteiger partial charge in [-0.25, -0.2) is 0 Å². The third-order valence-electron chi connectivity index (χ3n) is 4.48. The van der Waals surface area contributed by atoms with Gasteiger partial charge >= 0.3 is 0 Å². The topological polar surface area (TPSA) is 12.5 Å². The van der Waals surface area contributed by atoms with Gasteiger partial charge in [-0.05, 0) is 62.5 Å². The summed E-state index contributed by atoms with van der Waals surface area (Å²) in [5.74, 6) is 0.978. The molecule has 0 bridgehead atoms. The highest BCUT2D eigenvalue weighted by molar-refractivity contribution is 5.31. The van der Waals surface area contributed by atoms with E-state index in [0.717, 1.165) is 18.7 Å². The lowest BCUT2D eigenvalue weighted by Gasteiger charge is -2.29. The minimum atomic E-state index is 0.244. The van der Waals surface area contributed by atoms with Crippen molar-refractivity contribution in [3.8, 4) is 5.75 Å². The van der Waals surface area contributed by atoms with E-state index < -0.39 is 0 Å². The molecule has 1 fully saturated rings. The Bertz CT molecular complexity index is 573. The van der Waals surface area contributed by atoms with Crippen LogP contribution in [0.15, 0.2) is 54.6 Å². The molecule has 3 rings (SSSR count). The summed E-state index contributed by atoms with van der Waals surface area (Å²) in [5.41, 5.74) is 2.67. The van der Waals surface area contributed by atoms with Crippen molar-refractivity contribution in [2.75, 3.05) is 19.6 Å². The third-order valence-corrected chi connectivity index (χ3v) is 4.48. The number of piperidine rings is 1. The number of likely N-dealkylation sites (tertiary alicyclic amines) is 1. The molecule has 2 nitrogen and oxygen atoms in total. The van der Waals surface area contributed by atoms with E-state index in [1.165, 1.54) is 43.5 Å². The molecule has 122 valence electrons. The van der Waals surface area contributed by atoms with E-state index in [9.17, 15) is 0 Å². The molecule has 1 aliphatic rings. The highest BCUT2D eigenvalue weighted by Gasteiger charge is 2.14. The van der Waals surface area contributed by atoms with Gasteiger partial charge < -0.3 is 4.74 Å². The van der Waals surface area contributed by atoms with E-state index in [1.54, 1.807) is 0 Å². The van der Waals surface area contributed by atoms with E-state index in [2.05, 4.69) is 66.4 Å². The number of benzene rings is 2. The predicted molar refractivity (Wildman–Crippen MR) is 96.1 cm³/mol. The smallest absolute Gasteiger partial charge is 0.119 e. The van der Waals surface area contributed by atoms with E-state index in [4.69, 9.17) is 4.74 Å². The van der Waals surface area contributed by atoms with Gasteiger partial charge in [-0.1, -0.05) is 48.9 Å². The highest BCUT2D eigenvalue weighted by Crippen LogP contribution is 2.17. The second-order valence-electron chi connectivity index (χ2n) is 6.60. The average Bonchev–Trinajstić information content (AvgIpc) is 2.58. The van der Waals surface area contributed by atoms with Crippen molar-refractivity contribution in [1.29, 1.82) is 0 Å². The molecule has 1 saturated heterocycles. The predicted octanol–water partition coefficient (Wildman–Crippen LogP) is 4.53. The lowest BCUT2D eigenvalue weighted by atomic mass is 10.1. The van der Waals surface area contributed by atoms with Gasteiger partial charge in [0.1, 0.15) is 11.9 Å². The molecule has 0 aliphatic carbocycles. The molecule has 0 aromatic heterocycles. The number of ether oxygens (including phenoxy) is 1. The fraction of sp³-hybridized carbons (Fsp3) is 0.429. The fourth-order valence-electron chi connectivity index (χ4n) is 3.29. The minimum Gasteiger partial charge on any atom is -0.489 e. The van der Waals surface area contributed by atoms with Crippen LogP contribution in [0.3, 0.4) is 0 Å². The van der Waals surface area contributed by atoms with E-state index >= 15 is 0 Å². The molecule has 1 unspecified atom stereocenters. The first-order chi connectivity index (χ1) is 11.3. The second-order valence-corrected chi connectivity index (χ2v) is 6.60. The fourth-order valence-corrected chi connectivity index (χ4v) is 3.29. The summed E-state index contributed by atoms with van der Waals surface area (Å²) in [6.45, 7) is 5.66. The molecule has 2 aromatic rings. The van der Waals surface area contributed by atoms with Crippen molar-refractivity contribution >= 4 is 0 Å². The van der Waals surface area contributed by atoms with Crippen LogP contribution in [-0.2, 0) is 6.42 Å². The van der Waals surface area contributed by atoms with Crippen molar-refractivity contribution in [1.82, 2.24) is 4.90 Å². The molecule has 2 heteroatoms. The van der Waals surface area contributed by atoms with Crippen molar-refractivity contribution < 1.29 is 4.74 Å². The Morgan fingerprint density at radius 3 is 2.22 bits per heavy atom. The van der Waals surface area contributed by atoms with Crippen molar-refractivity contribution in [2.24, 2.45) is 0 Å². The van der Waals surface area contributed by atoms with Gasteiger partial charge in [-0.2, -0.15) is 0 Å². The summed E-state index contributed by atoms with van der Waals surface area (Å²) < 4.78 is 6.08. The van der Waals surface area contributed by atoms with Crippen LogP contribution in [0.1, 0.15) is 37.3 Å². The zero-order valence-electron chi connectivity index (χ0n) is 14.1. The van der Waals surface area contributed by atoms with Crippen LogP contribution >= 0.6 is 0 Å². The van der Waals surface area contributed by atoms with Crippen molar-refractivity contribution in [3.63, 3.8) is 0 Å². The monoisotopic (exact) mass is 309 g/mol. The highest BCUT2D eigenvalue weighted by atomic mass is 16.5. The van der Waals surface area contributed by atoms with Gasteiger partial charge in [-0.15, -0.1) is 0 Å². The van der Waals surface area contributed by atoms with Gasteiger partial charge in [0, 0.05) is 6.54 Å². The number of nitrogens with zero attached hydrogens (tertiary/aromatic N) is 1. The van der Waals surface area contributed by atoms with E-state index in [1.807, 2.05) is 0 Å². The van der Waals surface area contributed by atoms with Gasteiger partial charge in [0.05, 0.1) is 0 Å². The van der Waals surface area contributed by atoms with Crippen LogP contribution in [0.2, 0.25) is 0 Å². The molecule has 23 heavy (non-hydrogen) atoms. The van der Waals surface area contributed by atoms with Crippen LogP contribution in [0.5, 0.6) is 5.75 Å². The van der Waals surface area contributed by atoms with Crippen LogP contribution < -0.4 is 4.74 Å². The normalized spacial score (nSPS) is 16.9. The number of hydrogen-bond donors (Lipinski definition) is 0. The molecule has 0 spiro atoms. The Kier molecular flexibility index (Phi) is 5.71. The Morgan fingerprint density at radius 1 is 0.870 bits per heavy atom. The summed E-state index contributed by atoms with van der Waals surface area (Å²) in [7, 11) is 0. The molecule has 2 aromatic carbocycles. The molecule has 1 heterocycles. The molecule has 1 atom stereocenters. The summed E-state index contributed by atoms with van der Waals surface area (Å²) >= 11 is 0. The maximum atomic E-state index is 6.08. The minimum absolute atomic E-state index is 0.244. The molecule has 1 aliphatic heterocycles. The first kappa shape index (κ1) is 16.1. The molecule has 0 amide bonds. The number of hydrogen-bond acceptors (Lipinski definition) is 2. The lowest BCUT2D eigenvalue weighted by molar-refractivity contribution is 0.130. The second kappa shape index (κ2) is 8.16. The Morgan fingerprint density at radius 2 is 1.52 bits per heavy atom. The quantitative estimate of drug-likeness (QED) is 0.777. The summed E-state index contributed by atoms with van der Waals surface area (Å²) in [5, 5.41) is 0. The van der Waals surface area contributed by atoms with E-state index in [-0.39, 0.29) is 6.10 Å². The zero-order valence-corrected chi connectivity index (χ0v) is 14.1. The van der Waals surface area contributed by atoms with Crippen LogP contribution in [0.4, 0.5) is 0 Å². The van der Waals surface area contributed by atoms with Crippen molar-refractivity contribution in [2.45, 2.75) is 38.7 Å². The first-order valence-electron chi connectivity index (χ1n) is 8.81. The first-order valence-corrected chi connectivity index (χ1v) is 8.81. The zero-order chi connectivity index (χ0) is 15.9.